The highest BCUT2D eigenvalue weighted by atomic mass is 79.9. The zero-order valence-corrected chi connectivity index (χ0v) is 22.5. The Morgan fingerprint density at radius 1 is 1.05 bits per heavy atom. The summed E-state index contributed by atoms with van der Waals surface area (Å²) in [7, 11) is -4.44. The number of nitrogens with one attached hydrogen (secondary N) is 1. The number of amides is 1. The molecule has 3 aromatic carbocycles. The fourth-order valence-electron chi connectivity index (χ4n) is 3.52. The number of alkyl halides is 2. The quantitative estimate of drug-likeness (QED) is 0.155. The van der Waals surface area contributed by atoms with E-state index in [1.165, 1.54) is 24.1 Å². The third kappa shape index (κ3) is 6.93. The lowest BCUT2D eigenvalue weighted by Crippen LogP contribution is -2.22. The van der Waals surface area contributed by atoms with E-state index in [0.29, 0.717) is 35.3 Å². The molecule has 0 saturated carbocycles. The van der Waals surface area contributed by atoms with Gasteiger partial charge in [0.15, 0.2) is 0 Å². The fourth-order valence-corrected chi connectivity index (χ4v) is 4.85. The number of carbonyl (C=O) groups excluding carboxylic acids is 2. The first-order chi connectivity index (χ1) is 18.0. The van der Waals surface area contributed by atoms with Crippen LogP contribution in [0.25, 0.3) is 5.70 Å². The molecule has 38 heavy (non-hydrogen) atoms. The van der Waals surface area contributed by atoms with Gasteiger partial charge in [-0.3, -0.25) is 9.36 Å². The van der Waals surface area contributed by atoms with Crippen molar-refractivity contribution in [3.63, 3.8) is 0 Å². The van der Waals surface area contributed by atoms with Gasteiger partial charge in [-0.05, 0) is 34.9 Å². The lowest BCUT2D eigenvalue weighted by Gasteiger charge is -2.23. The van der Waals surface area contributed by atoms with Gasteiger partial charge in [0, 0.05) is 22.8 Å². The van der Waals surface area contributed by atoms with Crippen molar-refractivity contribution >= 4 is 41.6 Å². The molecule has 3 N–H and O–H groups in total. The lowest BCUT2D eigenvalue weighted by atomic mass is 10.1. The average Bonchev–Trinajstić information content (AvgIpc) is 2.89. The summed E-state index contributed by atoms with van der Waals surface area (Å²) in [5.74, 6) is -0.442. The molecule has 0 heterocycles. The van der Waals surface area contributed by atoms with Crippen LogP contribution in [-0.2, 0) is 32.8 Å². The molecule has 0 atom stereocenters. The molecule has 0 unspecified atom stereocenters. The highest BCUT2D eigenvalue weighted by Crippen LogP contribution is 2.60. The average molecular weight is 609 g/mol. The summed E-state index contributed by atoms with van der Waals surface area (Å²) in [6, 6.07) is 19.3. The van der Waals surface area contributed by atoms with Crippen molar-refractivity contribution in [2.24, 2.45) is 0 Å². The van der Waals surface area contributed by atoms with Gasteiger partial charge in [-0.2, -0.15) is 8.78 Å². The smallest absolute Gasteiger partial charge is 0.399 e. The molecule has 0 spiro atoms. The predicted octanol–water partition coefficient (Wildman–Crippen LogP) is 5.21. The number of halogens is 3. The Balaban J connectivity index is 1.84. The number of ether oxygens (including phenoxy) is 1. The summed E-state index contributed by atoms with van der Waals surface area (Å²) in [4.78, 5) is 43.2. The summed E-state index contributed by atoms with van der Waals surface area (Å²) >= 11 is 2.97. The highest BCUT2D eigenvalue weighted by Gasteiger charge is 2.51. The topological polar surface area (TPSA) is 116 Å². The molecule has 0 saturated heterocycles. The molecule has 0 aliphatic heterocycles. The zero-order chi connectivity index (χ0) is 27.9. The number of carbonyl (C=O) groups is 2. The highest BCUT2D eigenvalue weighted by molar-refractivity contribution is 9.10. The van der Waals surface area contributed by atoms with E-state index in [2.05, 4.69) is 21.2 Å². The van der Waals surface area contributed by atoms with Crippen molar-refractivity contribution in [2.45, 2.75) is 18.8 Å². The van der Waals surface area contributed by atoms with Gasteiger partial charge in [0.2, 0.25) is 6.41 Å². The maximum absolute atomic E-state index is 14.2. The van der Waals surface area contributed by atoms with Gasteiger partial charge in [-0.25, -0.2) is 4.79 Å². The molecule has 1 amide bonds. The third-order valence-corrected chi connectivity index (χ3v) is 7.13. The molecule has 8 nitrogen and oxygen atoms in total. The Labute approximate surface area is 226 Å². The van der Waals surface area contributed by atoms with E-state index >= 15 is 0 Å². The molecule has 0 radical (unpaired) electrons. The van der Waals surface area contributed by atoms with Gasteiger partial charge < -0.3 is 24.7 Å². The molecule has 0 aliphatic carbocycles. The molecule has 200 valence electrons. The number of hydrogen-bond acceptors (Lipinski definition) is 5. The Morgan fingerprint density at radius 2 is 1.68 bits per heavy atom. The van der Waals surface area contributed by atoms with E-state index in [1.54, 1.807) is 54.7 Å². The number of methoxy groups -OCH3 is 1. The fraction of sp³-hybridized carbons (Fsp3) is 0.154. The standard InChI is InChI=1S/C26H24BrF2N2O6P/c1-37-25(33)21-10-7-18(8-11-21)14-30-15-24(20-5-3-2-4-6-20)31(17-32)16-19-9-12-22(23(27)13-19)26(28,29)38(34,35)36/h2-13,15,17,30H,14,16H2,1H3,(H2,34,35,36)/b24-15-. The molecule has 0 aromatic heterocycles. The van der Waals surface area contributed by atoms with Gasteiger partial charge in [0.25, 0.3) is 0 Å². The van der Waals surface area contributed by atoms with E-state index in [0.717, 1.165) is 11.6 Å². The van der Waals surface area contributed by atoms with Crippen molar-refractivity contribution in [1.82, 2.24) is 10.2 Å². The van der Waals surface area contributed by atoms with E-state index in [1.807, 2.05) is 6.07 Å². The first kappa shape index (κ1) is 29.2. The van der Waals surface area contributed by atoms with Crippen molar-refractivity contribution in [3.8, 4) is 0 Å². The Kier molecular flexibility index (Phi) is 9.56. The molecule has 0 fully saturated rings. The number of rotatable bonds is 11. The second-order valence-electron chi connectivity index (χ2n) is 8.10. The normalized spacial score (nSPS) is 12.1. The van der Waals surface area contributed by atoms with Gasteiger partial charge >= 0.3 is 19.2 Å². The van der Waals surface area contributed by atoms with Crippen LogP contribution in [0.5, 0.6) is 0 Å². The zero-order valence-electron chi connectivity index (χ0n) is 20.1. The van der Waals surface area contributed by atoms with Crippen LogP contribution >= 0.6 is 23.5 Å². The Hall–Kier alpha value is -3.37. The van der Waals surface area contributed by atoms with E-state index in [-0.39, 0.29) is 11.0 Å². The predicted molar refractivity (Wildman–Crippen MR) is 141 cm³/mol. The summed E-state index contributed by atoms with van der Waals surface area (Å²) in [6.45, 7) is 0.363. The summed E-state index contributed by atoms with van der Waals surface area (Å²) in [6.07, 6.45) is 2.24. The van der Waals surface area contributed by atoms with E-state index in [9.17, 15) is 22.9 Å². The minimum atomic E-state index is -5.74. The van der Waals surface area contributed by atoms with Crippen LogP contribution < -0.4 is 5.32 Å². The molecule has 3 aromatic rings. The SMILES string of the molecule is COC(=O)c1ccc(CN/C=C(/c2ccccc2)N(C=O)Cc2ccc(C(F)(F)P(=O)(O)O)c(Br)c2)cc1. The first-order valence-electron chi connectivity index (χ1n) is 11.1. The van der Waals surface area contributed by atoms with E-state index in [4.69, 9.17) is 14.5 Å². The second kappa shape index (κ2) is 12.4. The summed E-state index contributed by atoms with van der Waals surface area (Å²) in [5.41, 5.74) is -2.31. The Bertz CT molecular complexity index is 1360. The molecular formula is C26H24BrF2N2O6P. The molecular weight excluding hydrogens is 585 g/mol. The maximum atomic E-state index is 14.2. The van der Waals surface area contributed by atoms with Gasteiger partial charge in [-0.1, -0.05) is 70.5 Å². The van der Waals surface area contributed by atoms with Crippen LogP contribution in [0.15, 0.2) is 83.5 Å². The monoisotopic (exact) mass is 608 g/mol. The van der Waals surface area contributed by atoms with Crippen LogP contribution in [0, 0.1) is 0 Å². The minimum Gasteiger partial charge on any atom is -0.465 e. The number of benzene rings is 3. The Morgan fingerprint density at radius 3 is 2.24 bits per heavy atom. The molecule has 0 bridgehead atoms. The largest absolute Gasteiger partial charge is 0.465 e. The maximum Gasteiger partial charge on any atom is 0.399 e. The lowest BCUT2D eigenvalue weighted by molar-refractivity contribution is -0.115. The van der Waals surface area contributed by atoms with Crippen LogP contribution in [0.1, 0.15) is 32.6 Å². The third-order valence-electron chi connectivity index (χ3n) is 5.50. The van der Waals surface area contributed by atoms with Gasteiger partial charge in [0.05, 0.1) is 24.9 Å². The minimum absolute atomic E-state index is 0.0138. The molecule has 12 heteroatoms. The molecule has 3 rings (SSSR count). The van der Waals surface area contributed by atoms with Crippen molar-refractivity contribution < 1.29 is 37.5 Å². The second-order valence-corrected chi connectivity index (χ2v) is 10.6. The number of nitrogens with zero attached hydrogens (tertiary/aromatic N) is 1. The van der Waals surface area contributed by atoms with Crippen molar-refractivity contribution in [2.75, 3.05) is 7.11 Å². The van der Waals surface area contributed by atoms with Crippen LogP contribution in [-0.4, -0.2) is 34.2 Å². The number of hydrogen-bond donors (Lipinski definition) is 3. The van der Waals surface area contributed by atoms with E-state index < -0.39 is 24.8 Å². The van der Waals surface area contributed by atoms with Crippen molar-refractivity contribution in [1.29, 1.82) is 0 Å². The van der Waals surface area contributed by atoms with Crippen LogP contribution in [0.2, 0.25) is 0 Å². The van der Waals surface area contributed by atoms with Crippen LogP contribution in [0.4, 0.5) is 8.78 Å². The van der Waals surface area contributed by atoms with Crippen LogP contribution in [0.3, 0.4) is 0 Å². The van der Waals surface area contributed by atoms with Crippen molar-refractivity contribution in [3.05, 3.63) is 111 Å². The first-order valence-corrected chi connectivity index (χ1v) is 13.5. The molecule has 0 aliphatic rings. The van der Waals surface area contributed by atoms with Gasteiger partial charge in [-0.15, -0.1) is 0 Å². The summed E-state index contributed by atoms with van der Waals surface area (Å²) < 4.78 is 44.1. The number of esters is 1. The summed E-state index contributed by atoms with van der Waals surface area (Å²) in [5, 5.41) is 3.15. The van der Waals surface area contributed by atoms with Gasteiger partial charge in [0.1, 0.15) is 0 Å².